The van der Waals surface area contributed by atoms with E-state index in [-0.39, 0.29) is 5.91 Å². The van der Waals surface area contributed by atoms with Crippen molar-refractivity contribution in [2.75, 3.05) is 26.2 Å². The molecule has 2 bridgehead atoms. The maximum atomic E-state index is 13.4. The molecule has 4 aliphatic rings. The average molecular weight is 379 g/mol. The van der Waals surface area contributed by atoms with Crippen molar-refractivity contribution in [1.29, 1.82) is 0 Å². The summed E-state index contributed by atoms with van der Waals surface area (Å²) in [6.07, 6.45) is 6.68. The van der Waals surface area contributed by atoms with Gasteiger partial charge in [0, 0.05) is 43.3 Å². The quantitative estimate of drug-likeness (QED) is 0.882. The fourth-order valence-corrected chi connectivity index (χ4v) is 5.22. The number of rotatable bonds is 4. The second-order valence-electron chi connectivity index (χ2n) is 9.00. The number of aromatic nitrogens is 2. The van der Waals surface area contributed by atoms with Crippen LogP contribution in [0.3, 0.4) is 0 Å². The molecule has 1 saturated carbocycles. The van der Waals surface area contributed by atoms with Gasteiger partial charge in [0.15, 0.2) is 0 Å². The molecule has 3 aliphatic heterocycles. The van der Waals surface area contributed by atoms with Gasteiger partial charge in [-0.3, -0.25) is 14.8 Å². The number of amides is 1. The summed E-state index contributed by atoms with van der Waals surface area (Å²) >= 11 is 0. The molecule has 1 aromatic heterocycles. The number of carbonyl (C=O) groups excluding carboxylic acids is 1. The van der Waals surface area contributed by atoms with Crippen LogP contribution in [-0.4, -0.2) is 58.1 Å². The molecular formula is C23H30N4O. The lowest BCUT2D eigenvalue weighted by Gasteiger charge is -2.40. The average Bonchev–Trinajstić information content (AvgIpc) is 2.86. The van der Waals surface area contributed by atoms with Gasteiger partial charge in [-0.15, -0.1) is 0 Å². The van der Waals surface area contributed by atoms with Crippen molar-refractivity contribution in [3.8, 4) is 11.3 Å². The zero-order chi connectivity index (χ0) is 19.1. The Hall–Kier alpha value is -2.14. The van der Waals surface area contributed by atoms with Crippen molar-refractivity contribution in [3.63, 3.8) is 0 Å². The van der Waals surface area contributed by atoms with Gasteiger partial charge in [0.1, 0.15) is 5.69 Å². The predicted molar refractivity (Wildman–Crippen MR) is 110 cm³/mol. The minimum Gasteiger partial charge on any atom is -0.335 e. The summed E-state index contributed by atoms with van der Waals surface area (Å²) in [5.74, 6) is 1.63. The van der Waals surface area contributed by atoms with E-state index in [1.807, 2.05) is 37.3 Å². The number of nitrogens with zero attached hydrogens (tertiary/aromatic N) is 3. The number of fused-ring (bicyclic) bond motifs is 4. The van der Waals surface area contributed by atoms with Crippen LogP contribution < -0.4 is 0 Å². The van der Waals surface area contributed by atoms with E-state index < -0.39 is 0 Å². The summed E-state index contributed by atoms with van der Waals surface area (Å²) < 4.78 is 0. The van der Waals surface area contributed by atoms with Crippen LogP contribution in [0.4, 0.5) is 0 Å². The third-order valence-corrected chi connectivity index (χ3v) is 7.10. The smallest absolute Gasteiger partial charge is 0.272 e. The highest BCUT2D eigenvalue weighted by Gasteiger charge is 2.38. The standard InChI is InChI=1S/C23H30N4O/c1-16-21(19-8-3-2-4-9-19)24-25-22(16)23(28)27-14-18-10-11-20(15-27)26(13-18)12-17-6-5-7-17/h2-4,8-9,17-18,20H,5-7,10-15H2,1H3,(H,24,25)/t18-,20-/m1/s1. The Kier molecular flexibility index (Phi) is 4.71. The maximum Gasteiger partial charge on any atom is 0.272 e. The lowest BCUT2D eigenvalue weighted by Crippen LogP contribution is -2.47. The molecular weight excluding hydrogens is 348 g/mol. The molecule has 1 aliphatic carbocycles. The third-order valence-electron chi connectivity index (χ3n) is 7.10. The molecule has 0 spiro atoms. The Morgan fingerprint density at radius 3 is 2.68 bits per heavy atom. The molecule has 0 unspecified atom stereocenters. The Morgan fingerprint density at radius 1 is 1.11 bits per heavy atom. The number of benzene rings is 1. The van der Waals surface area contributed by atoms with Crippen LogP contribution in [0.5, 0.6) is 0 Å². The summed E-state index contributed by atoms with van der Waals surface area (Å²) in [5.41, 5.74) is 3.55. The number of hydrogen-bond donors (Lipinski definition) is 1. The van der Waals surface area contributed by atoms with Crippen molar-refractivity contribution in [2.45, 2.75) is 45.1 Å². The summed E-state index contributed by atoms with van der Waals surface area (Å²) in [6, 6.07) is 10.6. The topological polar surface area (TPSA) is 52.2 Å². The predicted octanol–water partition coefficient (Wildman–Crippen LogP) is 3.72. The molecule has 1 N–H and O–H groups in total. The second kappa shape index (κ2) is 7.36. The van der Waals surface area contributed by atoms with E-state index in [1.54, 1.807) is 0 Å². The lowest BCUT2D eigenvalue weighted by atomic mass is 9.83. The number of H-pyrrole nitrogens is 1. The molecule has 5 heteroatoms. The van der Waals surface area contributed by atoms with E-state index in [4.69, 9.17) is 0 Å². The van der Waals surface area contributed by atoms with Crippen LogP contribution in [0, 0.1) is 18.8 Å². The third kappa shape index (κ3) is 3.26. The summed E-state index contributed by atoms with van der Waals surface area (Å²) in [7, 11) is 0. The van der Waals surface area contributed by atoms with Gasteiger partial charge in [-0.2, -0.15) is 5.10 Å². The molecule has 5 nitrogen and oxygen atoms in total. The second-order valence-corrected chi connectivity index (χ2v) is 9.00. The molecule has 1 amide bonds. The highest BCUT2D eigenvalue weighted by Crippen LogP contribution is 2.34. The van der Waals surface area contributed by atoms with Crippen molar-refractivity contribution < 1.29 is 4.79 Å². The van der Waals surface area contributed by atoms with E-state index in [2.05, 4.69) is 20.0 Å². The number of piperidine rings is 1. The minimum atomic E-state index is 0.120. The lowest BCUT2D eigenvalue weighted by molar-refractivity contribution is 0.0711. The van der Waals surface area contributed by atoms with Gasteiger partial charge in [-0.1, -0.05) is 36.8 Å². The van der Waals surface area contributed by atoms with Crippen LogP contribution in [0.2, 0.25) is 0 Å². The Labute approximate surface area is 167 Å². The van der Waals surface area contributed by atoms with Crippen LogP contribution in [-0.2, 0) is 0 Å². The SMILES string of the molecule is Cc1c(-c2ccccc2)n[nH]c1C(=O)N1C[C@@H]2CC[C@H](C1)N(CC1CCC1)C2. The molecule has 28 heavy (non-hydrogen) atoms. The molecule has 4 fully saturated rings. The van der Waals surface area contributed by atoms with Gasteiger partial charge in [0.25, 0.3) is 5.91 Å². The zero-order valence-corrected chi connectivity index (χ0v) is 16.7. The van der Waals surface area contributed by atoms with E-state index in [1.165, 1.54) is 45.2 Å². The van der Waals surface area contributed by atoms with Crippen LogP contribution in [0.1, 0.15) is 48.2 Å². The minimum absolute atomic E-state index is 0.120. The van der Waals surface area contributed by atoms with Gasteiger partial charge in [-0.25, -0.2) is 0 Å². The number of hydrogen-bond acceptors (Lipinski definition) is 3. The fraction of sp³-hybridized carbons (Fsp3) is 0.565. The van der Waals surface area contributed by atoms with Crippen LogP contribution in [0.15, 0.2) is 30.3 Å². The molecule has 4 heterocycles. The summed E-state index contributed by atoms with van der Waals surface area (Å²) in [4.78, 5) is 18.2. The normalized spacial score (nSPS) is 25.5. The molecule has 2 atom stereocenters. The highest BCUT2D eigenvalue weighted by atomic mass is 16.2. The van der Waals surface area contributed by atoms with Crippen molar-refractivity contribution in [2.24, 2.45) is 11.8 Å². The molecule has 6 rings (SSSR count). The molecule has 3 saturated heterocycles. The Bertz CT molecular complexity index is 842. The summed E-state index contributed by atoms with van der Waals surface area (Å²) in [5, 5.41) is 7.52. The van der Waals surface area contributed by atoms with E-state index in [9.17, 15) is 4.79 Å². The van der Waals surface area contributed by atoms with Crippen molar-refractivity contribution in [1.82, 2.24) is 20.0 Å². The Morgan fingerprint density at radius 2 is 1.93 bits per heavy atom. The zero-order valence-electron chi connectivity index (χ0n) is 16.7. The molecule has 2 aromatic rings. The largest absolute Gasteiger partial charge is 0.335 e. The molecule has 0 radical (unpaired) electrons. The van der Waals surface area contributed by atoms with Gasteiger partial charge >= 0.3 is 0 Å². The van der Waals surface area contributed by atoms with Gasteiger partial charge < -0.3 is 4.90 Å². The maximum absolute atomic E-state index is 13.4. The first-order valence-corrected chi connectivity index (χ1v) is 10.8. The first-order chi connectivity index (χ1) is 13.7. The first-order valence-electron chi connectivity index (χ1n) is 10.8. The van der Waals surface area contributed by atoms with Gasteiger partial charge in [0.2, 0.25) is 0 Å². The van der Waals surface area contributed by atoms with Crippen molar-refractivity contribution in [3.05, 3.63) is 41.6 Å². The van der Waals surface area contributed by atoms with E-state index >= 15 is 0 Å². The molecule has 1 aromatic carbocycles. The van der Waals surface area contributed by atoms with Crippen LogP contribution in [0.25, 0.3) is 11.3 Å². The summed E-state index contributed by atoms with van der Waals surface area (Å²) in [6.45, 7) is 6.16. The van der Waals surface area contributed by atoms with Gasteiger partial charge in [-0.05, 0) is 44.4 Å². The van der Waals surface area contributed by atoms with Gasteiger partial charge in [0.05, 0.1) is 5.69 Å². The highest BCUT2D eigenvalue weighted by molar-refractivity contribution is 5.95. The van der Waals surface area contributed by atoms with E-state index in [0.717, 1.165) is 35.8 Å². The Balaban J connectivity index is 1.34. The first kappa shape index (κ1) is 17.9. The van der Waals surface area contributed by atoms with Crippen LogP contribution >= 0.6 is 0 Å². The van der Waals surface area contributed by atoms with E-state index in [0.29, 0.717) is 17.7 Å². The number of carbonyl (C=O) groups is 1. The number of nitrogens with one attached hydrogen (secondary N) is 1. The van der Waals surface area contributed by atoms with Crippen molar-refractivity contribution >= 4 is 5.91 Å². The number of aromatic amines is 1. The fourth-order valence-electron chi connectivity index (χ4n) is 5.22. The molecule has 148 valence electrons. The monoisotopic (exact) mass is 378 g/mol.